The molecule has 138 valence electrons. The van der Waals surface area contributed by atoms with Crippen LogP contribution in [0.15, 0.2) is 24.3 Å². The summed E-state index contributed by atoms with van der Waals surface area (Å²) in [4.78, 5) is 13.0. The summed E-state index contributed by atoms with van der Waals surface area (Å²) in [5.41, 5.74) is 8.98. The van der Waals surface area contributed by atoms with Gasteiger partial charge in [0.2, 0.25) is 5.91 Å². The molecule has 25 heavy (non-hydrogen) atoms. The highest BCUT2D eigenvalue weighted by molar-refractivity contribution is 5.85. The van der Waals surface area contributed by atoms with Crippen LogP contribution in [0.25, 0.3) is 0 Å². The number of nitrogens with two attached hydrogens (primary N) is 1. The molecule has 0 spiro atoms. The fourth-order valence-electron chi connectivity index (χ4n) is 5.09. The summed E-state index contributed by atoms with van der Waals surface area (Å²) in [7, 11) is 0. The van der Waals surface area contributed by atoms with E-state index in [4.69, 9.17) is 5.73 Å². The molecule has 3 fully saturated rings. The Kier molecular flexibility index (Phi) is 5.75. The van der Waals surface area contributed by atoms with Gasteiger partial charge in [0.15, 0.2) is 0 Å². The molecule has 1 aromatic rings. The minimum atomic E-state index is 0. The molecule has 0 aromatic heterocycles. The Morgan fingerprint density at radius 2 is 1.76 bits per heavy atom. The number of benzene rings is 1. The molecule has 3 saturated carbocycles. The van der Waals surface area contributed by atoms with E-state index in [1.807, 2.05) is 0 Å². The zero-order valence-electron chi connectivity index (χ0n) is 15.1. The van der Waals surface area contributed by atoms with Crippen LogP contribution < -0.4 is 11.1 Å². The first kappa shape index (κ1) is 18.7. The van der Waals surface area contributed by atoms with Gasteiger partial charge in [-0.3, -0.25) is 4.79 Å². The van der Waals surface area contributed by atoms with Crippen molar-refractivity contribution in [2.45, 2.75) is 64.0 Å². The quantitative estimate of drug-likeness (QED) is 0.845. The van der Waals surface area contributed by atoms with Gasteiger partial charge in [0.1, 0.15) is 0 Å². The Morgan fingerprint density at radius 1 is 1.12 bits per heavy atom. The van der Waals surface area contributed by atoms with E-state index in [1.54, 1.807) is 0 Å². The standard InChI is InChI=1S/C21H30N2O.ClH/c1-13-5-2-3-8-18(13)20(14-9-10-14)23-21(24)17-11-15-6-4-7-16(12-17)19(15)22;/h2-3,5,8,14-17,19-20H,4,6-7,9-12,22H2,1H3,(H,23,24);1H. The van der Waals surface area contributed by atoms with Gasteiger partial charge in [-0.25, -0.2) is 0 Å². The second kappa shape index (κ2) is 7.67. The van der Waals surface area contributed by atoms with Crippen molar-refractivity contribution in [3.8, 4) is 0 Å². The van der Waals surface area contributed by atoms with E-state index in [1.165, 1.54) is 43.2 Å². The summed E-state index contributed by atoms with van der Waals surface area (Å²) >= 11 is 0. The van der Waals surface area contributed by atoms with Crippen LogP contribution in [-0.2, 0) is 4.79 Å². The largest absolute Gasteiger partial charge is 0.349 e. The number of carbonyl (C=O) groups is 1. The van der Waals surface area contributed by atoms with Gasteiger partial charge in [-0.2, -0.15) is 0 Å². The number of carbonyl (C=O) groups excluding carboxylic acids is 1. The van der Waals surface area contributed by atoms with Crippen LogP contribution >= 0.6 is 12.4 Å². The first-order valence-corrected chi connectivity index (χ1v) is 9.75. The maximum Gasteiger partial charge on any atom is 0.223 e. The number of hydrogen-bond acceptors (Lipinski definition) is 2. The van der Waals surface area contributed by atoms with Gasteiger partial charge in [-0.1, -0.05) is 30.7 Å². The third kappa shape index (κ3) is 3.88. The van der Waals surface area contributed by atoms with Gasteiger partial charge < -0.3 is 11.1 Å². The molecule has 3 atom stereocenters. The molecule has 4 heteroatoms. The Hall–Kier alpha value is -1.06. The lowest BCUT2D eigenvalue weighted by Gasteiger charge is -2.43. The Labute approximate surface area is 157 Å². The Morgan fingerprint density at radius 3 is 2.36 bits per heavy atom. The van der Waals surface area contributed by atoms with E-state index in [-0.39, 0.29) is 30.3 Å². The number of hydrogen-bond donors (Lipinski definition) is 2. The van der Waals surface area contributed by atoms with Gasteiger partial charge in [0.05, 0.1) is 6.04 Å². The maximum absolute atomic E-state index is 13.0. The van der Waals surface area contributed by atoms with E-state index in [0.717, 1.165) is 12.8 Å². The molecule has 0 aliphatic heterocycles. The zero-order chi connectivity index (χ0) is 16.7. The van der Waals surface area contributed by atoms with Crippen LogP contribution in [0.5, 0.6) is 0 Å². The van der Waals surface area contributed by atoms with Crippen LogP contribution in [0.3, 0.4) is 0 Å². The molecular weight excluding hydrogens is 332 g/mol. The van der Waals surface area contributed by atoms with Gasteiger partial charge in [-0.05, 0) is 74.3 Å². The second-order valence-corrected chi connectivity index (χ2v) is 8.38. The molecule has 2 bridgehead atoms. The van der Waals surface area contributed by atoms with Crippen molar-refractivity contribution in [1.29, 1.82) is 0 Å². The summed E-state index contributed by atoms with van der Waals surface area (Å²) < 4.78 is 0. The molecule has 3 aliphatic carbocycles. The highest BCUT2D eigenvalue weighted by Gasteiger charge is 2.42. The van der Waals surface area contributed by atoms with E-state index >= 15 is 0 Å². The Balaban J connectivity index is 0.00000182. The van der Waals surface area contributed by atoms with Crippen molar-refractivity contribution in [1.82, 2.24) is 5.32 Å². The van der Waals surface area contributed by atoms with Crippen LogP contribution in [0.2, 0.25) is 0 Å². The first-order valence-electron chi connectivity index (χ1n) is 9.75. The monoisotopic (exact) mass is 362 g/mol. The molecule has 3 nitrogen and oxygen atoms in total. The number of nitrogens with one attached hydrogen (secondary N) is 1. The lowest BCUT2D eigenvalue weighted by Crippen LogP contribution is -2.49. The number of fused-ring (bicyclic) bond motifs is 2. The third-order valence-electron chi connectivity index (χ3n) is 6.70. The fraction of sp³-hybridized carbons (Fsp3) is 0.667. The average molecular weight is 363 g/mol. The van der Waals surface area contributed by atoms with E-state index in [0.29, 0.717) is 23.8 Å². The maximum atomic E-state index is 13.0. The molecule has 0 radical (unpaired) electrons. The van der Waals surface area contributed by atoms with Crippen LogP contribution in [0.4, 0.5) is 0 Å². The fourth-order valence-corrected chi connectivity index (χ4v) is 5.09. The Bertz CT molecular complexity index is 602. The minimum Gasteiger partial charge on any atom is -0.349 e. The van der Waals surface area contributed by atoms with E-state index < -0.39 is 0 Å². The van der Waals surface area contributed by atoms with Crippen molar-refractivity contribution in [2.75, 3.05) is 0 Å². The van der Waals surface area contributed by atoms with Crippen molar-refractivity contribution < 1.29 is 4.79 Å². The van der Waals surface area contributed by atoms with Gasteiger partial charge in [-0.15, -0.1) is 12.4 Å². The molecule has 0 saturated heterocycles. The summed E-state index contributed by atoms with van der Waals surface area (Å²) in [6.45, 7) is 2.15. The molecule has 4 rings (SSSR count). The predicted octanol–water partition coefficient (Wildman–Crippen LogP) is 4.14. The highest BCUT2D eigenvalue weighted by atomic mass is 35.5. The molecule has 3 unspecified atom stereocenters. The summed E-state index contributed by atoms with van der Waals surface area (Å²) in [6, 6.07) is 9.04. The summed E-state index contributed by atoms with van der Waals surface area (Å²) in [6.07, 6.45) is 8.19. The lowest BCUT2D eigenvalue weighted by atomic mass is 9.65. The highest BCUT2D eigenvalue weighted by Crippen LogP contribution is 2.44. The van der Waals surface area contributed by atoms with Gasteiger partial charge in [0.25, 0.3) is 0 Å². The van der Waals surface area contributed by atoms with Gasteiger partial charge >= 0.3 is 0 Å². The number of aryl methyl sites for hydroxylation is 1. The molecule has 1 amide bonds. The zero-order valence-corrected chi connectivity index (χ0v) is 15.9. The lowest BCUT2D eigenvalue weighted by molar-refractivity contribution is -0.128. The average Bonchev–Trinajstić information content (AvgIpc) is 3.38. The molecule has 3 N–H and O–H groups in total. The number of rotatable bonds is 4. The predicted molar refractivity (Wildman–Crippen MR) is 104 cm³/mol. The van der Waals surface area contributed by atoms with Crippen LogP contribution in [0, 0.1) is 30.6 Å². The molecule has 1 aromatic carbocycles. The summed E-state index contributed by atoms with van der Waals surface area (Å²) in [5, 5.41) is 3.43. The molecular formula is C21H31ClN2O. The first-order chi connectivity index (χ1) is 11.6. The van der Waals surface area contributed by atoms with Crippen LogP contribution in [0.1, 0.15) is 62.1 Å². The minimum absolute atomic E-state index is 0. The third-order valence-corrected chi connectivity index (χ3v) is 6.70. The smallest absolute Gasteiger partial charge is 0.223 e. The summed E-state index contributed by atoms with van der Waals surface area (Å²) in [5.74, 6) is 2.20. The van der Waals surface area contributed by atoms with Crippen molar-refractivity contribution in [3.63, 3.8) is 0 Å². The van der Waals surface area contributed by atoms with Crippen LogP contribution in [-0.4, -0.2) is 11.9 Å². The number of halogens is 1. The van der Waals surface area contributed by atoms with Crippen molar-refractivity contribution >= 4 is 18.3 Å². The molecule has 0 heterocycles. The molecule has 3 aliphatic rings. The SMILES string of the molecule is Cc1ccccc1C(NC(=O)C1CC2CCCC(C1)C2N)C1CC1.Cl. The second-order valence-electron chi connectivity index (χ2n) is 8.38. The van der Waals surface area contributed by atoms with E-state index in [2.05, 4.69) is 36.5 Å². The topological polar surface area (TPSA) is 55.1 Å². The van der Waals surface area contributed by atoms with E-state index in [9.17, 15) is 4.79 Å². The normalized spacial score (nSPS) is 32.4. The number of amides is 1. The van der Waals surface area contributed by atoms with Gasteiger partial charge in [0, 0.05) is 12.0 Å². The van der Waals surface area contributed by atoms with Crippen molar-refractivity contribution in [3.05, 3.63) is 35.4 Å². The van der Waals surface area contributed by atoms with Crippen molar-refractivity contribution in [2.24, 2.45) is 29.4 Å².